The van der Waals surface area contributed by atoms with Gasteiger partial charge in [-0.3, -0.25) is 0 Å². The summed E-state index contributed by atoms with van der Waals surface area (Å²) in [6.07, 6.45) is 7.37. The van der Waals surface area contributed by atoms with Gasteiger partial charge < -0.3 is 10.3 Å². The number of rotatable bonds is 4. The van der Waals surface area contributed by atoms with Gasteiger partial charge >= 0.3 is 0 Å². The molecule has 0 spiro atoms. The van der Waals surface area contributed by atoms with Crippen LogP contribution in [0.3, 0.4) is 0 Å². The van der Waals surface area contributed by atoms with Crippen LogP contribution in [0.2, 0.25) is 0 Å². The molecule has 2 N–H and O–H groups in total. The summed E-state index contributed by atoms with van der Waals surface area (Å²) in [6, 6.07) is 39.1. The molecule has 0 bridgehead atoms. The molecular formula is C40H30N4S. The molecule has 5 aromatic carbocycles. The molecule has 0 saturated carbocycles. The summed E-state index contributed by atoms with van der Waals surface area (Å²) in [6.45, 7) is 2.27. The molecule has 0 radical (unpaired) electrons. The predicted octanol–water partition coefficient (Wildman–Crippen LogP) is 10.3. The van der Waals surface area contributed by atoms with Crippen LogP contribution in [0.25, 0.3) is 53.1 Å². The van der Waals surface area contributed by atoms with E-state index in [1.165, 1.54) is 53.2 Å². The molecule has 0 saturated heterocycles. The maximum Gasteiger partial charge on any atom is 0.160 e. The van der Waals surface area contributed by atoms with E-state index in [1.807, 2.05) is 17.4 Å². The van der Waals surface area contributed by atoms with E-state index >= 15 is 0 Å². The Morgan fingerprint density at radius 1 is 0.733 bits per heavy atom. The number of thiophene rings is 1. The number of benzene rings is 5. The van der Waals surface area contributed by atoms with Gasteiger partial charge in [0.1, 0.15) is 12.0 Å². The third-order valence-electron chi connectivity index (χ3n) is 9.14. The minimum Gasteiger partial charge on any atom is -0.354 e. The second kappa shape index (κ2) is 10.4. The molecule has 2 atom stereocenters. The van der Waals surface area contributed by atoms with Gasteiger partial charge in [0.2, 0.25) is 0 Å². The summed E-state index contributed by atoms with van der Waals surface area (Å²) in [5, 5.41) is 8.67. The standard InChI is InChI=1S/C40H30N4S/c1-24-10-5-6-13-28(24)39-42-38(25-11-3-2-4-12-25)43-40(44-39)32-16-9-15-31-33-22-26(19-21-36(33)45-37(31)32)27-18-20-30-29-14-7-8-17-34(29)41-35(30)23-27/h2-9,11-24,38,41H,10H2,1H3,(H,42,43,44). The molecule has 2 unspecified atom stereocenters. The molecular weight excluding hydrogens is 569 g/mol. The normalized spacial score (nSPS) is 18.3. The van der Waals surface area contributed by atoms with Gasteiger partial charge in [-0.15, -0.1) is 11.3 Å². The Morgan fingerprint density at radius 3 is 2.44 bits per heavy atom. The van der Waals surface area contributed by atoms with E-state index in [2.05, 4.69) is 139 Å². The topological polar surface area (TPSA) is 52.5 Å². The Kier molecular flexibility index (Phi) is 6.06. The van der Waals surface area contributed by atoms with Gasteiger partial charge in [-0.1, -0.05) is 104 Å². The van der Waals surface area contributed by atoms with Crippen LogP contribution in [-0.2, 0) is 0 Å². The van der Waals surface area contributed by atoms with Gasteiger partial charge in [0, 0.05) is 47.5 Å². The third-order valence-corrected chi connectivity index (χ3v) is 10.4. The number of allylic oxidation sites excluding steroid dienone is 3. The number of aromatic amines is 1. The highest BCUT2D eigenvalue weighted by Gasteiger charge is 2.26. The summed E-state index contributed by atoms with van der Waals surface area (Å²) < 4.78 is 2.48. The molecule has 1 aliphatic carbocycles. The SMILES string of the molecule is CC1CC=CC=C1C1=NC(c2cccc3c2sc2ccc(-c4ccc5c(c4)[nH]c4ccccc45)cc23)=NC(c2ccccc2)N1. The highest BCUT2D eigenvalue weighted by atomic mass is 32.1. The smallest absolute Gasteiger partial charge is 0.160 e. The first-order valence-corrected chi connectivity index (χ1v) is 16.3. The van der Waals surface area contributed by atoms with Gasteiger partial charge in [0.25, 0.3) is 0 Å². The van der Waals surface area contributed by atoms with Crippen molar-refractivity contribution in [2.75, 3.05) is 0 Å². The largest absolute Gasteiger partial charge is 0.354 e. The maximum absolute atomic E-state index is 5.20. The monoisotopic (exact) mass is 598 g/mol. The second-order valence-electron chi connectivity index (χ2n) is 12.0. The number of aliphatic imine (C=N–C) groups is 2. The van der Waals surface area contributed by atoms with Crippen LogP contribution in [0.1, 0.15) is 30.6 Å². The van der Waals surface area contributed by atoms with Crippen LogP contribution >= 0.6 is 11.3 Å². The molecule has 0 amide bonds. The molecule has 1 aliphatic heterocycles. The first-order valence-electron chi connectivity index (χ1n) is 15.5. The number of aromatic nitrogens is 1. The van der Waals surface area contributed by atoms with Crippen molar-refractivity contribution in [1.29, 1.82) is 0 Å². The van der Waals surface area contributed by atoms with Crippen LogP contribution in [-0.4, -0.2) is 16.7 Å². The number of para-hydroxylation sites is 1. The molecule has 5 heteroatoms. The zero-order valence-electron chi connectivity index (χ0n) is 24.8. The number of H-pyrrole nitrogens is 1. The van der Waals surface area contributed by atoms with Gasteiger partial charge in [-0.05, 0) is 64.9 Å². The van der Waals surface area contributed by atoms with Crippen molar-refractivity contribution in [3.63, 3.8) is 0 Å². The second-order valence-corrected chi connectivity index (χ2v) is 13.0. The molecule has 0 fully saturated rings. The fourth-order valence-electron chi connectivity index (χ4n) is 6.77. The summed E-state index contributed by atoms with van der Waals surface area (Å²) in [4.78, 5) is 14.0. The van der Waals surface area contributed by atoms with Crippen LogP contribution < -0.4 is 5.32 Å². The zero-order valence-corrected chi connectivity index (χ0v) is 25.6. The molecule has 2 aliphatic rings. The molecule has 9 rings (SSSR count). The quantitative estimate of drug-likeness (QED) is 0.208. The minimum atomic E-state index is -0.205. The lowest BCUT2D eigenvalue weighted by molar-refractivity contribution is 0.650. The number of fused-ring (bicyclic) bond motifs is 6. The Hall–Kier alpha value is -5.26. The van der Waals surface area contributed by atoms with Crippen LogP contribution in [0.5, 0.6) is 0 Å². The van der Waals surface area contributed by atoms with Crippen molar-refractivity contribution in [3.05, 3.63) is 144 Å². The summed E-state index contributed by atoms with van der Waals surface area (Å²) in [5.41, 5.74) is 8.18. The molecule has 7 aromatic rings. The van der Waals surface area contributed by atoms with E-state index in [4.69, 9.17) is 9.98 Å². The number of nitrogens with one attached hydrogen (secondary N) is 2. The van der Waals surface area contributed by atoms with Crippen molar-refractivity contribution in [2.24, 2.45) is 15.9 Å². The number of hydrogen-bond acceptors (Lipinski definition) is 4. The summed E-state index contributed by atoms with van der Waals surface area (Å²) in [5.74, 6) is 2.08. The highest BCUT2D eigenvalue weighted by molar-refractivity contribution is 7.26. The van der Waals surface area contributed by atoms with E-state index in [9.17, 15) is 0 Å². The fourth-order valence-corrected chi connectivity index (χ4v) is 7.96. The molecule has 45 heavy (non-hydrogen) atoms. The third kappa shape index (κ3) is 4.42. The van der Waals surface area contributed by atoms with Gasteiger partial charge in [-0.25, -0.2) is 9.98 Å². The van der Waals surface area contributed by atoms with Crippen LogP contribution in [0.4, 0.5) is 0 Å². The number of amidine groups is 2. The molecule has 3 heterocycles. The average Bonchev–Trinajstić information content (AvgIpc) is 3.66. The number of hydrogen-bond donors (Lipinski definition) is 2. The van der Waals surface area contributed by atoms with Crippen molar-refractivity contribution in [1.82, 2.24) is 10.3 Å². The average molecular weight is 599 g/mol. The van der Waals surface area contributed by atoms with E-state index < -0.39 is 0 Å². The Labute approximate surface area is 265 Å². The highest BCUT2D eigenvalue weighted by Crippen LogP contribution is 2.40. The van der Waals surface area contributed by atoms with Crippen molar-refractivity contribution >= 4 is 65.0 Å². The van der Waals surface area contributed by atoms with E-state index in [0.717, 1.165) is 34.7 Å². The Balaban J connectivity index is 1.17. The zero-order chi connectivity index (χ0) is 29.9. The predicted molar refractivity (Wildman–Crippen MR) is 191 cm³/mol. The van der Waals surface area contributed by atoms with Crippen molar-refractivity contribution < 1.29 is 0 Å². The lowest BCUT2D eigenvalue weighted by atomic mass is 9.92. The maximum atomic E-state index is 5.20. The van der Waals surface area contributed by atoms with E-state index in [1.54, 1.807) is 0 Å². The first-order chi connectivity index (χ1) is 22.2. The lowest BCUT2D eigenvalue weighted by Crippen LogP contribution is -2.35. The lowest BCUT2D eigenvalue weighted by Gasteiger charge is -2.27. The van der Waals surface area contributed by atoms with Crippen molar-refractivity contribution in [2.45, 2.75) is 19.5 Å². The molecule has 216 valence electrons. The molecule has 4 nitrogen and oxygen atoms in total. The summed E-state index contributed by atoms with van der Waals surface area (Å²) in [7, 11) is 0. The minimum absolute atomic E-state index is 0.205. The first kappa shape index (κ1) is 26.2. The van der Waals surface area contributed by atoms with Gasteiger partial charge in [0.15, 0.2) is 5.84 Å². The Bertz CT molecular complexity index is 2400. The Morgan fingerprint density at radius 2 is 1.53 bits per heavy atom. The number of nitrogens with zero attached hydrogens (tertiary/aromatic N) is 2. The van der Waals surface area contributed by atoms with Crippen LogP contribution in [0.15, 0.2) is 143 Å². The summed E-state index contributed by atoms with van der Waals surface area (Å²) >= 11 is 1.82. The van der Waals surface area contributed by atoms with Gasteiger partial charge in [-0.2, -0.15) is 0 Å². The van der Waals surface area contributed by atoms with Crippen molar-refractivity contribution in [3.8, 4) is 11.1 Å². The van der Waals surface area contributed by atoms with E-state index in [-0.39, 0.29) is 6.17 Å². The fraction of sp³-hybridized carbons (Fsp3) is 0.100. The van der Waals surface area contributed by atoms with E-state index in [0.29, 0.717) is 5.92 Å². The van der Waals surface area contributed by atoms with Gasteiger partial charge in [0.05, 0.1) is 0 Å². The van der Waals surface area contributed by atoms with Crippen LogP contribution in [0, 0.1) is 5.92 Å². The molecule has 2 aromatic heterocycles.